The van der Waals surface area contributed by atoms with Gasteiger partial charge in [0.15, 0.2) is 5.82 Å². The van der Waals surface area contributed by atoms with Gasteiger partial charge in [-0.1, -0.05) is 43.7 Å². The number of hydrogen-bond donors (Lipinski definition) is 2. The van der Waals surface area contributed by atoms with Gasteiger partial charge >= 0.3 is 0 Å². The van der Waals surface area contributed by atoms with Crippen molar-refractivity contribution in [2.45, 2.75) is 71.3 Å². The van der Waals surface area contributed by atoms with Crippen LogP contribution in [-0.2, 0) is 13.0 Å². The fraction of sp³-hybridized carbons (Fsp3) is 0.586. The van der Waals surface area contributed by atoms with Crippen LogP contribution in [0.25, 0.3) is 21.9 Å². The van der Waals surface area contributed by atoms with E-state index >= 15 is 0 Å². The molecule has 7 rings (SSSR count). The standard InChI is InChI=1S/C29H39N5/c1-2-3-10-25-33-26-27(23-8-4-5-9-24(23)32-28(26)30)34(25)12-7-6-11-31-19-29-16-20-13-21(17-29)15-22(14-20)18-29/h4-9,20-22,31H,2-3,10-19H2,1H3,(H2,30,32)/b7-6+. The minimum Gasteiger partial charge on any atom is -0.382 e. The highest BCUT2D eigenvalue weighted by atomic mass is 15.1. The summed E-state index contributed by atoms with van der Waals surface area (Å²) in [5.41, 5.74) is 9.85. The number of nitrogens with two attached hydrogens (primary N) is 1. The number of rotatable bonds is 9. The van der Waals surface area contributed by atoms with Crippen molar-refractivity contribution >= 4 is 27.8 Å². The second kappa shape index (κ2) is 8.99. The minimum absolute atomic E-state index is 0.534. The zero-order chi connectivity index (χ0) is 23.1. The van der Waals surface area contributed by atoms with Gasteiger partial charge in [-0.3, -0.25) is 0 Å². The van der Waals surface area contributed by atoms with Crippen molar-refractivity contribution in [3.05, 3.63) is 42.2 Å². The number of anilines is 1. The molecule has 4 bridgehead atoms. The number of para-hydroxylation sites is 1. The first-order chi connectivity index (χ1) is 16.6. The fourth-order valence-corrected chi connectivity index (χ4v) is 7.82. The molecule has 0 saturated heterocycles. The lowest BCUT2D eigenvalue weighted by Crippen LogP contribution is -2.50. The van der Waals surface area contributed by atoms with Gasteiger partial charge in [0.1, 0.15) is 11.3 Å². The Morgan fingerprint density at radius 3 is 2.53 bits per heavy atom. The average molecular weight is 458 g/mol. The molecule has 0 atom stereocenters. The zero-order valence-corrected chi connectivity index (χ0v) is 20.6. The van der Waals surface area contributed by atoms with Gasteiger partial charge in [-0.25, -0.2) is 9.97 Å². The molecule has 2 heterocycles. The van der Waals surface area contributed by atoms with Crippen molar-refractivity contribution in [3.8, 4) is 0 Å². The summed E-state index contributed by atoms with van der Waals surface area (Å²) in [5, 5.41) is 4.94. The van der Waals surface area contributed by atoms with Crippen LogP contribution < -0.4 is 11.1 Å². The minimum atomic E-state index is 0.534. The summed E-state index contributed by atoms with van der Waals surface area (Å²) in [6.07, 6.45) is 16.8. The summed E-state index contributed by atoms with van der Waals surface area (Å²) < 4.78 is 2.36. The van der Waals surface area contributed by atoms with Gasteiger partial charge in [0.2, 0.25) is 0 Å². The number of hydrogen-bond acceptors (Lipinski definition) is 4. The molecule has 4 fully saturated rings. The van der Waals surface area contributed by atoms with Gasteiger partial charge in [0.25, 0.3) is 0 Å². The molecule has 4 aliphatic carbocycles. The van der Waals surface area contributed by atoms with Crippen molar-refractivity contribution in [1.82, 2.24) is 19.9 Å². The fourth-order valence-electron chi connectivity index (χ4n) is 7.82. The van der Waals surface area contributed by atoms with Crippen molar-refractivity contribution in [1.29, 1.82) is 0 Å². The van der Waals surface area contributed by atoms with Crippen LogP contribution >= 0.6 is 0 Å². The molecule has 180 valence electrons. The van der Waals surface area contributed by atoms with Gasteiger partial charge in [0.05, 0.1) is 11.0 Å². The average Bonchev–Trinajstić information content (AvgIpc) is 3.18. The third kappa shape index (κ3) is 4.02. The number of unbranched alkanes of at least 4 members (excludes halogenated alkanes) is 1. The van der Waals surface area contributed by atoms with Crippen molar-refractivity contribution < 1.29 is 0 Å². The van der Waals surface area contributed by atoms with Crippen molar-refractivity contribution in [2.75, 3.05) is 18.8 Å². The molecule has 4 saturated carbocycles. The SMILES string of the molecule is CCCCc1nc2c(N)nc3ccccc3c2n1C/C=C/CNCC12CC3CC(CC(C3)C1)C2. The first-order valence-electron chi connectivity index (χ1n) is 13.5. The number of aryl methyl sites for hydroxylation is 1. The molecule has 0 radical (unpaired) electrons. The summed E-state index contributed by atoms with van der Waals surface area (Å²) in [6.45, 7) is 5.20. The molecule has 1 aromatic carbocycles. The van der Waals surface area contributed by atoms with Gasteiger partial charge in [0, 0.05) is 31.4 Å². The van der Waals surface area contributed by atoms with Crippen molar-refractivity contribution in [3.63, 3.8) is 0 Å². The lowest BCUT2D eigenvalue weighted by molar-refractivity contribution is -0.0508. The van der Waals surface area contributed by atoms with E-state index in [1.807, 2.05) is 12.1 Å². The Hall–Kier alpha value is -2.40. The predicted molar refractivity (Wildman–Crippen MR) is 141 cm³/mol. The summed E-state index contributed by atoms with van der Waals surface area (Å²) in [6, 6.07) is 8.28. The summed E-state index contributed by atoms with van der Waals surface area (Å²) >= 11 is 0. The second-order valence-electron chi connectivity index (χ2n) is 11.5. The van der Waals surface area contributed by atoms with Gasteiger partial charge in [-0.05, 0) is 74.2 Å². The maximum absolute atomic E-state index is 6.34. The van der Waals surface area contributed by atoms with Crippen LogP contribution in [0, 0.1) is 23.2 Å². The Balaban J connectivity index is 1.17. The molecule has 0 aliphatic heterocycles. The van der Waals surface area contributed by atoms with Crippen molar-refractivity contribution in [2.24, 2.45) is 23.2 Å². The highest BCUT2D eigenvalue weighted by Gasteiger charge is 2.50. The first kappa shape index (κ1) is 22.1. The number of fused-ring (bicyclic) bond motifs is 3. The van der Waals surface area contributed by atoms with Crippen LogP contribution in [-0.4, -0.2) is 27.6 Å². The molecule has 2 aromatic heterocycles. The van der Waals surface area contributed by atoms with E-state index in [0.29, 0.717) is 11.2 Å². The molecule has 3 N–H and O–H groups in total. The Kier molecular flexibility index (Phi) is 5.84. The van der Waals surface area contributed by atoms with Gasteiger partial charge in [-0.2, -0.15) is 0 Å². The van der Waals surface area contributed by atoms with Crippen LogP contribution in [0.3, 0.4) is 0 Å². The number of allylic oxidation sites excluding steroid dienone is 1. The molecule has 0 spiro atoms. The molecule has 3 aromatic rings. The largest absolute Gasteiger partial charge is 0.382 e. The van der Waals surface area contributed by atoms with Gasteiger partial charge in [-0.15, -0.1) is 0 Å². The maximum atomic E-state index is 6.34. The maximum Gasteiger partial charge on any atom is 0.152 e. The Morgan fingerprint density at radius 2 is 1.79 bits per heavy atom. The number of nitrogens with zero attached hydrogens (tertiary/aromatic N) is 3. The number of aromatic nitrogens is 3. The van der Waals surface area contributed by atoms with E-state index in [9.17, 15) is 0 Å². The Labute approximate surface area is 203 Å². The lowest BCUT2D eigenvalue weighted by atomic mass is 9.49. The zero-order valence-electron chi connectivity index (χ0n) is 20.6. The van der Waals surface area contributed by atoms with Crippen LogP contribution in [0.15, 0.2) is 36.4 Å². The van der Waals surface area contributed by atoms with Crippen LogP contribution in [0.2, 0.25) is 0 Å². The second-order valence-corrected chi connectivity index (χ2v) is 11.5. The van der Waals surface area contributed by atoms with E-state index in [1.165, 1.54) is 45.1 Å². The van der Waals surface area contributed by atoms with Crippen LogP contribution in [0.1, 0.15) is 64.1 Å². The Bertz CT molecular complexity index is 1170. The van der Waals surface area contributed by atoms with E-state index in [4.69, 9.17) is 10.7 Å². The quantitative estimate of drug-likeness (QED) is 0.311. The number of benzene rings is 1. The van der Waals surface area contributed by atoms with Gasteiger partial charge < -0.3 is 15.6 Å². The van der Waals surface area contributed by atoms with Crippen LogP contribution in [0.5, 0.6) is 0 Å². The van der Waals surface area contributed by atoms with E-state index in [1.54, 1.807) is 0 Å². The molecule has 34 heavy (non-hydrogen) atoms. The smallest absolute Gasteiger partial charge is 0.152 e. The predicted octanol–water partition coefficient (Wildman–Crippen LogP) is 5.87. The molecule has 4 aliphatic rings. The number of nitrogen functional groups attached to an aromatic ring is 1. The first-order valence-corrected chi connectivity index (χ1v) is 13.5. The molecular formula is C29H39N5. The number of pyridine rings is 1. The molecular weight excluding hydrogens is 418 g/mol. The summed E-state index contributed by atoms with van der Waals surface area (Å²) in [5.74, 6) is 4.73. The van der Waals surface area contributed by atoms with E-state index in [0.717, 1.165) is 77.9 Å². The topological polar surface area (TPSA) is 68.8 Å². The normalized spacial score (nSPS) is 28.1. The third-order valence-electron chi connectivity index (χ3n) is 8.83. The highest BCUT2D eigenvalue weighted by Crippen LogP contribution is 2.59. The summed E-state index contributed by atoms with van der Waals surface area (Å²) in [4.78, 5) is 9.56. The van der Waals surface area contributed by atoms with Crippen LogP contribution in [0.4, 0.5) is 5.82 Å². The molecule has 0 amide bonds. The third-order valence-corrected chi connectivity index (χ3v) is 8.83. The number of imidazole rings is 1. The Morgan fingerprint density at radius 1 is 1.06 bits per heavy atom. The summed E-state index contributed by atoms with van der Waals surface area (Å²) in [7, 11) is 0. The highest BCUT2D eigenvalue weighted by molar-refractivity contribution is 6.06. The lowest BCUT2D eigenvalue weighted by Gasteiger charge is -2.57. The molecule has 0 unspecified atom stereocenters. The van der Waals surface area contributed by atoms with E-state index < -0.39 is 0 Å². The number of nitrogens with one attached hydrogen (secondary N) is 1. The van der Waals surface area contributed by atoms with E-state index in [2.05, 4.69) is 46.1 Å². The van der Waals surface area contributed by atoms with E-state index in [-0.39, 0.29) is 0 Å². The molecule has 5 nitrogen and oxygen atoms in total. The molecule has 5 heteroatoms. The monoisotopic (exact) mass is 457 g/mol.